The molecule has 0 saturated carbocycles. The molecule has 0 aromatic heterocycles. The highest BCUT2D eigenvalue weighted by molar-refractivity contribution is 6.38. The molecule has 0 radical (unpaired) electrons. The van der Waals surface area contributed by atoms with Crippen molar-refractivity contribution in [1.82, 2.24) is 4.90 Å². The van der Waals surface area contributed by atoms with Crippen LogP contribution in [0, 0.1) is 0 Å². The third-order valence-corrected chi connectivity index (χ3v) is 5.50. The van der Waals surface area contributed by atoms with Gasteiger partial charge in [0.2, 0.25) is 0 Å². The standard InChI is InChI=1S/C26H24ClN3O3/c1-30(2)15-16-6-9-20(10-7-16)28-25(18-5-3-4-17(12-18)13-23(31)32)24-21-11-8-19(27)14-22(21)29-26(24)33/h3-12,14,28H,13,15H2,1-2H3,(H,29,33)(H,31,32). The van der Waals surface area contributed by atoms with Crippen molar-refractivity contribution < 1.29 is 14.7 Å². The molecule has 4 rings (SSSR count). The lowest BCUT2D eigenvalue weighted by molar-refractivity contribution is -0.136. The third-order valence-electron chi connectivity index (χ3n) is 5.27. The number of benzene rings is 3. The third kappa shape index (κ3) is 5.25. The molecule has 1 aliphatic rings. The van der Waals surface area contributed by atoms with Gasteiger partial charge in [-0.2, -0.15) is 0 Å². The second-order valence-corrected chi connectivity index (χ2v) is 8.66. The molecule has 3 aromatic rings. The number of carbonyl (C=O) groups is 2. The average Bonchev–Trinajstić information content (AvgIpc) is 3.07. The van der Waals surface area contributed by atoms with Gasteiger partial charge >= 0.3 is 5.97 Å². The number of halogens is 1. The number of aliphatic carboxylic acids is 1. The van der Waals surface area contributed by atoms with Crippen molar-refractivity contribution >= 4 is 46.1 Å². The fourth-order valence-electron chi connectivity index (χ4n) is 3.89. The summed E-state index contributed by atoms with van der Waals surface area (Å²) in [4.78, 5) is 26.4. The summed E-state index contributed by atoms with van der Waals surface area (Å²) in [7, 11) is 4.03. The van der Waals surface area contributed by atoms with Gasteiger partial charge in [-0.15, -0.1) is 0 Å². The Hall–Kier alpha value is -3.61. The molecule has 0 aliphatic carbocycles. The van der Waals surface area contributed by atoms with Crippen molar-refractivity contribution in [1.29, 1.82) is 0 Å². The molecule has 7 heteroatoms. The quantitative estimate of drug-likeness (QED) is 0.433. The Labute approximate surface area is 197 Å². The summed E-state index contributed by atoms with van der Waals surface area (Å²) in [5.41, 5.74) is 5.81. The van der Waals surface area contributed by atoms with Gasteiger partial charge < -0.3 is 20.6 Å². The molecule has 1 heterocycles. The summed E-state index contributed by atoms with van der Waals surface area (Å²) in [5, 5.41) is 16.0. The number of anilines is 2. The van der Waals surface area contributed by atoms with Gasteiger partial charge in [0.1, 0.15) is 0 Å². The van der Waals surface area contributed by atoms with Crippen LogP contribution in [0.5, 0.6) is 0 Å². The highest BCUT2D eigenvalue weighted by Gasteiger charge is 2.28. The van der Waals surface area contributed by atoms with E-state index < -0.39 is 5.97 Å². The average molecular weight is 462 g/mol. The number of carboxylic acids is 1. The molecule has 0 atom stereocenters. The maximum absolute atomic E-state index is 13.0. The van der Waals surface area contributed by atoms with Crippen LogP contribution in [-0.4, -0.2) is 36.0 Å². The van der Waals surface area contributed by atoms with Crippen molar-refractivity contribution in [3.05, 3.63) is 94.0 Å². The van der Waals surface area contributed by atoms with Gasteiger partial charge in [-0.3, -0.25) is 9.59 Å². The normalized spacial score (nSPS) is 14.1. The first-order chi connectivity index (χ1) is 15.8. The minimum Gasteiger partial charge on any atom is -0.481 e. The second kappa shape index (κ2) is 9.48. The summed E-state index contributed by atoms with van der Waals surface area (Å²) < 4.78 is 0. The van der Waals surface area contributed by atoms with Crippen molar-refractivity contribution in [2.75, 3.05) is 24.7 Å². The largest absolute Gasteiger partial charge is 0.481 e. The van der Waals surface area contributed by atoms with Gasteiger partial charge in [-0.05, 0) is 61.1 Å². The molecule has 168 valence electrons. The van der Waals surface area contributed by atoms with Gasteiger partial charge in [0.05, 0.1) is 23.4 Å². The van der Waals surface area contributed by atoms with Crippen molar-refractivity contribution in [2.24, 2.45) is 0 Å². The Kier molecular flexibility index (Phi) is 6.49. The number of hydrogen-bond acceptors (Lipinski definition) is 4. The lowest BCUT2D eigenvalue weighted by Crippen LogP contribution is -2.11. The first-order valence-corrected chi connectivity index (χ1v) is 10.9. The van der Waals surface area contributed by atoms with Gasteiger partial charge in [0, 0.05) is 22.8 Å². The van der Waals surface area contributed by atoms with Crippen molar-refractivity contribution in [3.8, 4) is 0 Å². The summed E-state index contributed by atoms with van der Waals surface area (Å²) in [6.07, 6.45) is -0.103. The van der Waals surface area contributed by atoms with E-state index in [2.05, 4.69) is 15.5 Å². The molecular weight excluding hydrogens is 438 g/mol. The molecule has 0 spiro atoms. The lowest BCUT2D eigenvalue weighted by Gasteiger charge is -2.16. The zero-order valence-electron chi connectivity index (χ0n) is 18.4. The SMILES string of the molecule is CN(C)Cc1ccc(NC(=C2C(=O)Nc3cc(Cl)ccc32)c2cccc(CC(=O)O)c2)cc1. The van der Waals surface area contributed by atoms with Crippen LogP contribution in [0.1, 0.15) is 22.3 Å². The molecule has 0 saturated heterocycles. The van der Waals surface area contributed by atoms with Crippen LogP contribution >= 0.6 is 11.6 Å². The lowest BCUT2D eigenvalue weighted by atomic mass is 9.98. The number of amides is 1. The molecule has 1 amide bonds. The van der Waals surface area contributed by atoms with Crippen LogP contribution in [0.25, 0.3) is 11.3 Å². The zero-order valence-corrected chi connectivity index (χ0v) is 19.1. The summed E-state index contributed by atoms with van der Waals surface area (Å²) in [6.45, 7) is 0.821. The number of nitrogens with one attached hydrogen (secondary N) is 2. The van der Waals surface area contributed by atoms with Gasteiger partial charge in [-0.1, -0.05) is 48.0 Å². The maximum Gasteiger partial charge on any atom is 0.307 e. The minimum atomic E-state index is -0.913. The number of hydrogen-bond donors (Lipinski definition) is 3. The van der Waals surface area contributed by atoms with Gasteiger partial charge in [0.15, 0.2) is 0 Å². The summed E-state index contributed by atoms with van der Waals surface area (Å²) in [6, 6.07) is 20.5. The monoisotopic (exact) mass is 461 g/mol. The van der Waals surface area contributed by atoms with E-state index in [4.69, 9.17) is 11.6 Å². The highest BCUT2D eigenvalue weighted by Crippen LogP contribution is 2.39. The van der Waals surface area contributed by atoms with E-state index in [0.717, 1.165) is 23.4 Å². The van der Waals surface area contributed by atoms with Gasteiger partial charge in [-0.25, -0.2) is 0 Å². The molecule has 0 bridgehead atoms. The van der Waals surface area contributed by atoms with E-state index in [1.54, 1.807) is 30.3 Å². The van der Waals surface area contributed by atoms with E-state index in [-0.39, 0.29) is 12.3 Å². The fraction of sp³-hybridized carbons (Fsp3) is 0.154. The fourth-order valence-corrected chi connectivity index (χ4v) is 4.06. The smallest absolute Gasteiger partial charge is 0.307 e. The first kappa shape index (κ1) is 22.6. The van der Waals surface area contributed by atoms with Crippen LogP contribution in [0.2, 0.25) is 5.02 Å². The zero-order chi connectivity index (χ0) is 23.5. The highest BCUT2D eigenvalue weighted by atomic mass is 35.5. The van der Waals surface area contributed by atoms with Crippen LogP contribution in [0.4, 0.5) is 11.4 Å². The molecule has 3 aromatic carbocycles. The van der Waals surface area contributed by atoms with Crippen molar-refractivity contribution in [3.63, 3.8) is 0 Å². The van der Waals surface area contributed by atoms with Gasteiger partial charge in [0.25, 0.3) is 5.91 Å². The Morgan fingerprint density at radius 2 is 1.79 bits per heavy atom. The topological polar surface area (TPSA) is 81.7 Å². The Morgan fingerprint density at radius 1 is 1.03 bits per heavy atom. The predicted octanol–water partition coefficient (Wildman–Crippen LogP) is 4.96. The molecule has 3 N–H and O–H groups in total. The summed E-state index contributed by atoms with van der Waals surface area (Å²) in [5.74, 6) is -1.16. The van der Waals surface area contributed by atoms with E-state index >= 15 is 0 Å². The van der Waals surface area contributed by atoms with Crippen LogP contribution in [-0.2, 0) is 22.6 Å². The van der Waals surface area contributed by atoms with Crippen LogP contribution < -0.4 is 10.6 Å². The molecule has 0 unspecified atom stereocenters. The molecular formula is C26H24ClN3O3. The number of carboxylic acid groups (broad SMARTS) is 1. The van der Waals surface area contributed by atoms with Crippen LogP contribution in [0.3, 0.4) is 0 Å². The molecule has 0 fully saturated rings. The number of fused-ring (bicyclic) bond motifs is 1. The number of rotatable bonds is 7. The van der Waals surface area contributed by atoms with E-state index in [9.17, 15) is 14.7 Å². The van der Waals surface area contributed by atoms with E-state index in [1.165, 1.54) is 5.56 Å². The van der Waals surface area contributed by atoms with Crippen molar-refractivity contribution in [2.45, 2.75) is 13.0 Å². The molecule has 33 heavy (non-hydrogen) atoms. The van der Waals surface area contributed by atoms with Crippen LogP contribution in [0.15, 0.2) is 66.7 Å². The minimum absolute atomic E-state index is 0.103. The van der Waals surface area contributed by atoms with E-state index in [1.807, 2.05) is 50.5 Å². The Morgan fingerprint density at radius 3 is 2.48 bits per heavy atom. The second-order valence-electron chi connectivity index (χ2n) is 8.22. The number of nitrogens with zero attached hydrogens (tertiary/aromatic N) is 1. The van der Waals surface area contributed by atoms with E-state index in [0.29, 0.717) is 27.5 Å². The maximum atomic E-state index is 13.0. The summed E-state index contributed by atoms with van der Waals surface area (Å²) >= 11 is 6.12. The number of carbonyl (C=O) groups excluding carboxylic acids is 1. The molecule has 6 nitrogen and oxygen atoms in total. The molecule has 1 aliphatic heterocycles. The Bertz CT molecular complexity index is 1250. The Balaban J connectivity index is 1.81. The first-order valence-electron chi connectivity index (χ1n) is 10.5. The predicted molar refractivity (Wildman–Crippen MR) is 132 cm³/mol.